The summed E-state index contributed by atoms with van der Waals surface area (Å²) in [6.07, 6.45) is 9.66. The zero-order valence-corrected chi connectivity index (χ0v) is 17.5. The maximum absolute atomic E-state index is 13.9. The third-order valence-electron chi connectivity index (χ3n) is 4.83. The summed E-state index contributed by atoms with van der Waals surface area (Å²) < 4.78 is 60.8. The van der Waals surface area contributed by atoms with Gasteiger partial charge in [-0.1, -0.05) is 63.7 Å². The highest BCUT2D eigenvalue weighted by molar-refractivity contribution is 5.48. The fraction of sp³-hybridized carbons (Fsp3) is 0.400. The molecule has 0 saturated carbocycles. The van der Waals surface area contributed by atoms with Crippen LogP contribution in [0.15, 0.2) is 24.3 Å². The molecule has 2 aromatic carbocycles. The van der Waals surface area contributed by atoms with Gasteiger partial charge in [0.25, 0.3) is 0 Å². The summed E-state index contributed by atoms with van der Waals surface area (Å²) in [4.78, 5) is 0. The molecule has 0 N–H and O–H groups in total. The number of halogens is 4. The molecule has 31 heavy (non-hydrogen) atoms. The largest absolute Gasteiger partial charge is 0.494 e. The SMILES string of the molecule is CCCCCCCCCCOc1ccc(C#Cc2c(F)c(F)c(C#N)c(F)c2F)cc1. The van der Waals surface area contributed by atoms with Gasteiger partial charge < -0.3 is 4.74 Å². The minimum absolute atomic E-state index is 0.392. The van der Waals surface area contributed by atoms with Crippen LogP contribution in [-0.4, -0.2) is 6.61 Å². The monoisotopic (exact) mass is 431 g/mol. The molecule has 0 aliphatic carbocycles. The summed E-state index contributed by atoms with van der Waals surface area (Å²) >= 11 is 0. The molecule has 2 nitrogen and oxygen atoms in total. The van der Waals surface area contributed by atoms with Gasteiger partial charge in [0.15, 0.2) is 23.3 Å². The molecule has 2 aromatic rings. The third-order valence-corrected chi connectivity index (χ3v) is 4.83. The first-order valence-electron chi connectivity index (χ1n) is 10.5. The molecular formula is C25H25F4NO. The van der Waals surface area contributed by atoms with E-state index in [1.165, 1.54) is 38.5 Å². The Morgan fingerprint density at radius 3 is 1.77 bits per heavy atom. The molecule has 0 aliphatic heterocycles. The first kappa shape index (κ1) is 24.3. The lowest BCUT2D eigenvalue weighted by molar-refractivity contribution is 0.304. The van der Waals surface area contributed by atoms with Gasteiger partial charge in [0.05, 0.1) is 6.61 Å². The molecule has 0 bridgehead atoms. The van der Waals surface area contributed by atoms with Crippen molar-refractivity contribution < 1.29 is 22.3 Å². The van der Waals surface area contributed by atoms with Gasteiger partial charge in [-0.2, -0.15) is 5.26 Å². The van der Waals surface area contributed by atoms with E-state index in [0.717, 1.165) is 18.9 Å². The van der Waals surface area contributed by atoms with Gasteiger partial charge in [0, 0.05) is 5.56 Å². The van der Waals surface area contributed by atoms with Gasteiger partial charge in [0.2, 0.25) is 0 Å². The molecule has 0 heterocycles. The number of benzene rings is 2. The zero-order chi connectivity index (χ0) is 22.6. The van der Waals surface area contributed by atoms with Crippen LogP contribution in [-0.2, 0) is 0 Å². The van der Waals surface area contributed by atoms with Gasteiger partial charge >= 0.3 is 0 Å². The highest BCUT2D eigenvalue weighted by Crippen LogP contribution is 2.23. The van der Waals surface area contributed by atoms with Crippen molar-refractivity contribution in [2.45, 2.75) is 58.3 Å². The molecule has 0 saturated heterocycles. The lowest BCUT2D eigenvalue weighted by atomic mass is 10.1. The molecule has 0 radical (unpaired) electrons. The number of nitriles is 1. The van der Waals surface area contributed by atoms with Crippen molar-refractivity contribution in [2.24, 2.45) is 0 Å². The third kappa shape index (κ3) is 7.03. The van der Waals surface area contributed by atoms with Gasteiger partial charge in [-0.05, 0) is 30.7 Å². The predicted octanol–water partition coefficient (Wildman–Crippen LogP) is 7.03. The highest BCUT2D eigenvalue weighted by atomic mass is 19.2. The van der Waals surface area contributed by atoms with Crippen LogP contribution in [0.1, 0.15) is 75.0 Å². The molecule has 0 fully saturated rings. The van der Waals surface area contributed by atoms with Crippen molar-refractivity contribution in [1.82, 2.24) is 0 Å². The zero-order valence-electron chi connectivity index (χ0n) is 17.5. The van der Waals surface area contributed by atoms with Crippen LogP contribution in [0.3, 0.4) is 0 Å². The summed E-state index contributed by atoms with van der Waals surface area (Å²) in [7, 11) is 0. The van der Waals surface area contributed by atoms with E-state index < -0.39 is 34.4 Å². The maximum atomic E-state index is 13.9. The molecule has 0 unspecified atom stereocenters. The van der Waals surface area contributed by atoms with Crippen LogP contribution in [0.25, 0.3) is 0 Å². The number of hydrogen-bond acceptors (Lipinski definition) is 2. The van der Waals surface area contributed by atoms with Crippen LogP contribution in [0.4, 0.5) is 17.6 Å². The normalized spacial score (nSPS) is 10.3. The van der Waals surface area contributed by atoms with E-state index in [1.807, 2.05) is 0 Å². The van der Waals surface area contributed by atoms with E-state index in [-0.39, 0.29) is 0 Å². The minimum atomic E-state index is -1.75. The van der Waals surface area contributed by atoms with Crippen molar-refractivity contribution in [2.75, 3.05) is 6.61 Å². The second kappa shape index (κ2) is 12.6. The molecule has 0 aliphatic rings. The Balaban J connectivity index is 1.88. The maximum Gasteiger partial charge on any atom is 0.181 e. The van der Waals surface area contributed by atoms with Crippen molar-refractivity contribution in [1.29, 1.82) is 5.26 Å². The number of ether oxygens (including phenoxy) is 1. The van der Waals surface area contributed by atoms with Crippen molar-refractivity contribution >= 4 is 0 Å². The molecule has 6 heteroatoms. The number of hydrogen-bond donors (Lipinski definition) is 0. The topological polar surface area (TPSA) is 33.0 Å². The Labute approximate surface area is 180 Å². The van der Waals surface area contributed by atoms with Gasteiger partial charge in [-0.25, -0.2) is 17.6 Å². The molecule has 0 atom stereocenters. The van der Waals surface area contributed by atoms with E-state index in [0.29, 0.717) is 17.9 Å². The molecule has 0 spiro atoms. The Morgan fingerprint density at radius 2 is 1.23 bits per heavy atom. The quantitative estimate of drug-likeness (QED) is 0.175. The predicted molar refractivity (Wildman–Crippen MR) is 112 cm³/mol. The standard InChI is InChI=1S/C25H25F4NO/c1-2-3-4-5-6-7-8-9-16-31-19-13-10-18(11-14-19)12-15-20-22(26)24(28)21(17-30)25(29)23(20)27/h10-11,13-14H,2-9,16H2,1H3. The van der Waals surface area contributed by atoms with E-state index in [1.54, 1.807) is 24.3 Å². The molecule has 2 rings (SSSR count). The second-order valence-electron chi connectivity index (χ2n) is 7.22. The van der Waals surface area contributed by atoms with E-state index in [2.05, 4.69) is 18.8 Å². The lowest BCUT2D eigenvalue weighted by Gasteiger charge is -2.06. The highest BCUT2D eigenvalue weighted by Gasteiger charge is 2.24. The van der Waals surface area contributed by atoms with Crippen LogP contribution < -0.4 is 4.74 Å². The number of unbranched alkanes of at least 4 members (excludes halogenated alkanes) is 7. The van der Waals surface area contributed by atoms with Crippen LogP contribution in [0.5, 0.6) is 5.75 Å². The summed E-state index contributed by atoms with van der Waals surface area (Å²) in [5.74, 6) is -1.67. The average Bonchev–Trinajstić information content (AvgIpc) is 2.78. The van der Waals surface area contributed by atoms with Crippen molar-refractivity contribution in [3.05, 3.63) is 64.2 Å². The van der Waals surface area contributed by atoms with Gasteiger partial charge in [0.1, 0.15) is 22.9 Å². The number of rotatable bonds is 10. The lowest BCUT2D eigenvalue weighted by Crippen LogP contribution is -2.04. The Morgan fingerprint density at radius 1 is 0.710 bits per heavy atom. The molecule has 0 aromatic heterocycles. The van der Waals surface area contributed by atoms with E-state index in [4.69, 9.17) is 10.00 Å². The second-order valence-corrected chi connectivity index (χ2v) is 7.22. The van der Waals surface area contributed by atoms with Crippen molar-refractivity contribution in [3.63, 3.8) is 0 Å². The first-order chi connectivity index (χ1) is 15.0. The number of nitrogens with zero attached hydrogens (tertiary/aromatic N) is 1. The smallest absolute Gasteiger partial charge is 0.181 e. The summed E-state index contributed by atoms with van der Waals surface area (Å²) in [5.41, 5.74) is -1.97. The summed E-state index contributed by atoms with van der Waals surface area (Å²) in [5, 5.41) is 8.61. The van der Waals surface area contributed by atoms with E-state index in [9.17, 15) is 17.6 Å². The van der Waals surface area contributed by atoms with Crippen molar-refractivity contribution in [3.8, 4) is 23.7 Å². The Kier molecular flexibility index (Phi) is 9.91. The summed E-state index contributed by atoms with van der Waals surface area (Å²) in [6.45, 7) is 2.80. The molecule has 0 amide bonds. The van der Waals surface area contributed by atoms with E-state index >= 15 is 0 Å². The fourth-order valence-corrected chi connectivity index (χ4v) is 3.03. The average molecular weight is 431 g/mol. The Hall–Kier alpha value is -2.99. The summed E-state index contributed by atoms with van der Waals surface area (Å²) in [6, 6.07) is 7.61. The van der Waals surface area contributed by atoms with Gasteiger partial charge in [-0.15, -0.1) is 0 Å². The van der Waals surface area contributed by atoms with Crippen LogP contribution in [0, 0.1) is 46.4 Å². The fourth-order valence-electron chi connectivity index (χ4n) is 3.03. The molecule has 164 valence electrons. The van der Waals surface area contributed by atoms with Crippen LogP contribution >= 0.6 is 0 Å². The van der Waals surface area contributed by atoms with Crippen LogP contribution in [0.2, 0.25) is 0 Å². The molecular weight excluding hydrogens is 406 g/mol. The van der Waals surface area contributed by atoms with Gasteiger partial charge in [-0.3, -0.25) is 0 Å². The Bertz CT molecular complexity index is 939. The first-order valence-corrected chi connectivity index (χ1v) is 10.5. The minimum Gasteiger partial charge on any atom is -0.494 e.